The maximum atomic E-state index is 14.5. The molecule has 0 unspecified atom stereocenters. The molecular weight excluding hydrogens is 644 g/mol. The third-order valence-electron chi connectivity index (χ3n) is 7.08. The summed E-state index contributed by atoms with van der Waals surface area (Å²) in [6.07, 6.45) is 0.721. The monoisotopic (exact) mass is 686 g/mol. The molecule has 2 aromatic rings. The van der Waals surface area contributed by atoms with Crippen LogP contribution in [0.4, 0.5) is 10.5 Å². The number of imide groups is 1. The second-order valence-electron chi connectivity index (χ2n) is 13.2. The van der Waals surface area contributed by atoms with E-state index in [1.165, 1.54) is 58.2 Å². The van der Waals surface area contributed by atoms with Crippen molar-refractivity contribution >= 4 is 59.9 Å². The van der Waals surface area contributed by atoms with E-state index >= 15 is 0 Å². The van der Waals surface area contributed by atoms with Crippen LogP contribution in [0.15, 0.2) is 59.7 Å². The van der Waals surface area contributed by atoms with Crippen LogP contribution in [0.3, 0.4) is 0 Å². The second kappa shape index (κ2) is 14.5. The van der Waals surface area contributed by atoms with Gasteiger partial charge in [-0.1, -0.05) is 42.5 Å². The van der Waals surface area contributed by atoms with Crippen molar-refractivity contribution in [3.05, 3.63) is 65.7 Å². The summed E-state index contributed by atoms with van der Waals surface area (Å²) in [6, 6.07) is 10.8. The van der Waals surface area contributed by atoms with Crippen molar-refractivity contribution in [1.82, 2.24) is 10.2 Å². The highest BCUT2D eigenvalue weighted by Crippen LogP contribution is 2.39. The summed E-state index contributed by atoms with van der Waals surface area (Å²) in [5.74, 6) is -0.289. The van der Waals surface area contributed by atoms with Crippen LogP contribution in [-0.2, 0) is 39.0 Å². The predicted octanol–water partition coefficient (Wildman–Crippen LogP) is 2.89. The summed E-state index contributed by atoms with van der Waals surface area (Å²) in [5, 5.41) is 6.05. The second-order valence-corrected chi connectivity index (χ2v) is 13.2. The number of hydrazone groups is 1. The van der Waals surface area contributed by atoms with E-state index in [9.17, 15) is 28.8 Å². The molecule has 3 rings (SSSR count). The zero-order valence-electron chi connectivity index (χ0n) is 28.2. The molecule has 0 aromatic heterocycles. The number of anilines is 1. The van der Waals surface area contributed by atoms with Crippen molar-refractivity contribution in [3.63, 3.8) is 0 Å². The lowest BCUT2D eigenvalue weighted by atomic mass is 9.89. The summed E-state index contributed by atoms with van der Waals surface area (Å²) < 4.78 is 11.0. The minimum atomic E-state index is -3.05. The van der Waals surface area contributed by atoms with Gasteiger partial charge in [-0.3, -0.25) is 24.1 Å². The molecule has 2 aromatic carbocycles. The number of rotatable bonds is 10. The molecule has 0 bridgehead atoms. The molecule has 1 fully saturated rings. The number of Topliss-reactive ketones (excluding diaryl/α,β-unsaturated/α-hetero) is 1. The number of esters is 2. The van der Waals surface area contributed by atoms with Gasteiger partial charge in [-0.05, 0) is 78.6 Å². The molecule has 3 atom stereocenters. The summed E-state index contributed by atoms with van der Waals surface area (Å²) in [6.45, 7) is 11.8. The number of carbonyl (C=O) groups excluding carboxylic acids is 6. The molecule has 14 nitrogen and oxygen atoms in total. The number of nitrogens with zero attached hydrogens (tertiary/aromatic N) is 3. The number of ketones is 1. The normalized spacial score (nSPS) is 18.3. The van der Waals surface area contributed by atoms with E-state index in [-0.39, 0.29) is 23.7 Å². The molecule has 15 heteroatoms. The van der Waals surface area contributed by atoms with Crippen LogP contribution in [0.25, 0.3) is 0 Å². The average Bonchev–Trinajstić information content (AvgIpc) is 3.18. The number of halogens is 1. The molecule has 5 N–H and O–H groups in total. The smallest absolute Gasteiger partial charge is 0.363 e. The largest absolute Gasteiger partial charge is 0.460 e. The number of urea groups is 1. The summed E-state index contributed by atoms with van der Waals surface area (Å²) >= 11 is 0. The molecule has 0 aliphatic carbocycles. The third kappa shape index (κ3) is 8.00. The number of carbonyl (C=O) groups is 6. The number of amides is 4. The lowest BCUT2D eigenvalue weighted by Gasteiger charge is -2.45. The zero-order valence-corrected chi connectivity index (χ0v) is 29.0. The fourth-order valence-electron chi connectivity index (χ4n) is 5.07. The van der Waals surface area contributed by atoms with Crippen LogP contribution in [0.2, 0.25) is 0 Å². The maximum absolute atomic E-state index is 14.5. The Kier molecular flexibility index (Phi) is 11.9. The molecule has 1 aliphatic rings. The van der Waals surface area contributed by atoms with Gasteiger partial charge < -0.3 is 26.4 Å². The van der Waals surface area contributed by atoms with Gasteiger partial charge in [0.15, 0.2) is 5.78 Å². The number of nitrogens with one attached hydrogen (secondary N) is 1. The lowest BCUT2D eigenvalue weighted by molar-refractivity contribution is -0.174. The van der Waals surface area contributed by atoms with Crippen LogP contribution in [0.1, 0.15) is 72.9 Å². The van der Waals surface area contributed by atoms with Crippen LogP contribution in [-0.4, -0.2) is 69.6 Å². The van der Waals surface area contributed by atoms with Gasteiger partial charge in [0.1, 0.15) is 16.7 Å². The predicted molar refractivity (Wildman–Crippen MR) is 180 cm³/mol. The first-order chi connectivity index (χ1) is 21.7. The minimum Gasteiger partial charge on any atom is -0.460 e. The molecule has 1 aliphatic heterocycles. The van der Waals surface area contributed by atoms with Crippen molar-refractivity contribution in [2.24, 2.45) is 16.7 Å². The Balaban J connectivity index is 0.00000800. The number of ether oxygens (including phenoxy) is 2. The van der Waals surface area contributed by atoms with E-state index in [4.69, 9.17) is 21.1 Å². The van der Waals surface area contributed by atoms with Gasteiger partial charge in [-0.25, -0.2) is 14.5 Å². The lowest BCUT2D eigenvalue weighted by Crippen LogP contribution is -2.75. The third-order valence-corrected chi connectivity index (χ3v) is 7.08. The van der Waals surface area contributed by atoms with Gasteiger partial charge >= 0.3 is 18.0 Å². The van der Waals surface area contributed by atoms with E-state index < -0.39 is 70.4 Å². The Morgan fingerprint density at radius 1 is 0.958 bits per heavy atom. The number of nitrogens with two attached hydrogens (primary N) is 2. The highest BCUT2D eigenvalue weighted by molar-refractivity contribution is 6.24. The van der Waals surface area contributed by atoms with Crippen LogP contribution < -0.4 is 21.8 Å². The fraction of sp³-hybridized carbons (Fsp3) is 0.424. The van der Waals surface area contributed by atoms with Crippen LogP contribution >= 0.6 is 12.4 Å². The number of para-hydroxylation sites is 1. The Labute approximate surface area is 285 Å². The van der Waals surface area contributed by atoms with Gasteiger partial charge in [0.25, 0.3) is 11.6 Å². The first kappa shape index (κ1) is 39.4. The molecule has 0 radical (unpaired) electrons. The molecule has 48 heavy (non-hydrogen) atoms. The van der Waals surface area contributed by atoms with Crippen LogP contribution in [0, 0.1) is 0 Å². The molecule has 1 heterocycles. The maximum Gasteiger partial charge on any atom is 0.363 e. The Bertz CT molecular complexity index is 1590. The van der Waals surface area contributed by atoms with Gasteiger partial charge in [-0.2, -0.15) is 5.10 Å². The first-order valence-electron chi connectivity index (χ1n) is 14.8. The highest BCUT2D eigenvalue weighted by atomic mass is 35.5. The van der Waals surface area contributed by atoms with Crippen molar-refractivity contribution in [2.45, 2.75) is 90.3 Å². The van der Waals surface area contributed by atoms with Gasteiger partial charge in [0.05, 0.1) is 18.7 Å². The highest BCUT2D eigenvalue weighted by Gasteiger charge is 2.67. The van der Waals surface area contributed by atoms with Crippen LogP contribution in [0.5, 0.6) is 0 Å². The summed E-state index contributed by atoms with van der Waals surface area (Å²) in [5.41, 5.74) is 0.0352. The van der Waals surface area contributed by atoms with Crippen molar-refractivity contribution < 1.29 is 38.2 Å². The minimum absolute atomic E-state index is 0. The quantitative estimate of drug-likeness (QED) is 0.0832. The number of hydrogen-bond donors (Lipinski definition) is 3. The van der Waals surface area contributed by atoms with E-state index in [1.807, 2.05) is 0 Å². The SMILES string of the molecule is CC(=O)[C@@](C(=O)OC(C)(C)C)(N1C(=O)N[C@](C)(c2ccc(C=NN)cc2)C1=O)N(C(=O)[C@@H](N)CC(=O)OC(C)(C)C)c1ccccc1.Cl. The van der Waals surface area contributed by atoms with Gasteiger partial charge in [-0.15, -0.1) is 12.4 Å². The fourth-order valence-corrected chi connectivity index (χ4v) is 5.07. The van der Waals surface area contributed by atoms with E-state index in [2.05, 4.69) is 10.4 Å². The van der Waals surface area contributed by atoms with Gasteiger partial charge in [0, 0.05) is 5.69 Å². The Morgan fingerprint density at radius 3 is 1.98 bits per heavy atom. The standard InChI is InChI=1S/C33H42N6O8.ClH/c1-20(40)33(28(44)47-31(5,6)7,39-27(43)32(8,37-29(39)45)22-16-14-21(15-17-22)19-36-35)38(23-12-10-9-11-13-23)26(42)24(34)18-25(41)46-30(2,3)4;/h9-17,19,24H,18,34-35H2,1-8H3,(H,37,45);1H/t24-,32+,33-;/m0./s1. The van der Waals surface area contributed by atoms with Crippen molar-refractivity contribution in [2.75, 3.05) is 4.90 Å². The molecule has 0 saturated carbocycles. The Hall–Kier alpha value is -4.82. The van der Waals surface area contributed by atoms with E-state index in [0.717, 1.165) is 6.92 Å². The number of benzene rings is 2. The van der Waals surface area contributed by atoms with Crippen molar-refractivity contribution in [1.29, 1.82) is 0 Å². The number of hydrogen-bond acceptors (Lipinski definition) is 11. The van der Waals surface area contributed by atoms with Crippen molar-refractivity contribution in [3.8, 4) is 0 Å². The molecular formula is C33H43ClN6O8. The summed E-state index contributed by atoms with van der Waals surface area (Å²) in [4.78, 5) is 85.2. The summed E-state index contributed by atoms with van der Waals surface area (Å²) in [7, 11) is 0. The average molecular weight is 687 g/mol. The molecule has 4 amide bonds. The van der Waals surface area contributed by atoms with Gasteiger partial charge in [0.2, 0.25) is 5.91 Å². The molecule has 0 spiro atoms. The topological polar surface area (TPSA) is 204 Å². The first-order valence-corrected chi connectivity index (χ1v) is 14.8. The van der Waals surface area contributed by atoms with E-state index in [0.29, 0.717) is 15.4 Å². The molecule has 1 saturated heterocycles. The zero-order chi connectivity index (χ0) is 35.5. The molecule has 260 valence electrons. The Morgan fingerprint density at radius 2 is 1.50 bits per heavy atom. The van der Waals surface area contributed by atoms with E-state index in [1.54, 1.807) is 51.1 Å².